The third-order valence-electron chi connectivity index (χ3n) is 5.39. The summed E-state index contributed by atoms with van der Waals surface area (Å²) in [5.41, 5.74) is 2.85. The standard InChI is InChI=1S/C27H24ClN3O3/c1-19(21-5-3-2-4-6-21)17-29-27(33)22-9-13-24(14-10-22)31-26(32)16-15-25(30-31)34-18-20-7-11-23(28)12-8-20/h2-16,19H,17-18H2,1H3,(H,29,33). The molecular weight excluding hydrogens is 450 g/mol. The van der Waals surface area contributed by atoms with Gasteiger partial charge in [-0.1, -0.05) is 61.0 Å². The van der Waals surface area contributed by atoms with E-state index in [2.05, 4.69) is 17.3 Å². The van der Waals surface area contributed by atoms with Crippen LogP contribution in [-0.4, -0.2) is 22.2 Å². The molecule has 1 aromatic heterocycles. The summed E-state index contributed by atoms with van der Waals surface area (Å²) in [6, 6.07) is 27.0. The van der Waals surface area contributed by atoms with Gasteiger partial charge in [-0.3, -0.25) is 9.59 Å². The first kappa shape index (κ1) is 23.3. The molecule has 0 saturated heterocycles. The summed E-state index contributed by atoms with van der Waals surface area (Å²) < 4.78 is 6.97. The molecule has 0 aliphatic heterocycles. The van der Waals surface area contributed by atoms with Gasteiger partial charge in [-0.2, -0.15) is 4.68 Å². The van der Waals surface area contributed by atoms with Crippen LogP contribution in [0.3, 0.4) is 0 Å². The third-order valence-corrected chi connectivity index (χ3v) is 5.64. The molecule has 0 radical (unpaired) electrons. The Hall–Kier alpha value is -3.90. The molecule has 0 aliphatic carbocycles. The summed E-state index contributed by atoms with van der Waals surface area (Å²) >= 11 is 5.91. The van der Waals surface area contributed by atoms with E-state index in [1.807, 2.05) is 42.5 Å². The van der Waals surface area contributed by atoms with Gasteiger partial charge in [-0.15, -0.1) is 5.10 Å². The second-order valence-electron chi connectivity index (χ2n) is 7.91. The second kappa shape index (κ2) is 10.8. The number of ether oxygens (including phenoxy) is 1. The molecule has 4 aromatic rings. The van der Waals surface area contributed by atoms with Crippen LogP contribution in [0.25, 0.3) is 5.69 Å². The molecule has 1 unspecified atom stereocenters. The van der Waals surface area contributed by atoms with Crippen LogP contribution in [0.1, 0.15) is 34.3 Å². The number of carbonyl (C=O) groups is 1. The van der Waals surface area contributed by atoms with Crippen LogP contribution in [0.4, 0.5) is 0 Å². The summed E-state index contributed by atoms with van der Waals surface area (Å²) in [6.07, 6.45) is 0. The summed E-state index contributed by atoms with van der Waals surface area (Å²) in [6.45, 7) is 2.89. The quantitative estimate of drug-likeness (QED) is 0.391. The van der Waals surface area contributed by atoms with Crippen LogP contribution in [0.2, 0.25) is 5.02 Å². The second-order valence-corrected chi connectivity index (χ2v) is 8.34. The first-order chi connectivity index (χ1) is 16.5. The minimum atomic E-state index is -0.298. The Kier molecular flexibility index (Phi) is 7.40. The molecule has 0 bridgehead atoms. The molecule has 1 atom stereocenters. The van der Waals surface area contributed by atoms with Crippen molar-refractivity contribution in [1.82, 2.24) is 15.1 Å². The first-order valence-electron chi connectivity index (χ1n) is 10.9. The summed E-state index contributed by atoms with van der Waals surface area (Å²) in [7, 11) is 0. The highest BCUT2D eigenvalue weighted by atomic mass is 35.5. The van der Waals surface area contributed by atoms with Gasteiger partial charge >= 0.3 is 0 Å². The van der Waals surface area contributed by atoms with Gasteiger partial charge < -0.3 is 10.1 Å². The number of hydrogen-bond acceptors (Lipinski definition) is 4. The average molecular weight is 474 g/mol. The van der Waals surface area contributed by atoms with Gasteiger partial charge in [-0.25, -0.2) is 0 Å². The van der Waals surface area contributed by atoms with E-state index in [1.165, 1.54) is 22.4 Å². The van der Waals surface area contributed by atoms with Crippen LogP contribution in [0.5, 0.6) is 5.88 Å². The first-order valence-corrected chi connectivity index (χ1v) is 11.3. The molecule has 0 spiro atoms. The predicted molar refractivity (Wildman–Crippen MR) is 133 cm³/mol. The van der Waals surface area contributed by atoms with Gasteiger partial charge in [0.2, 0.25) is 5.88 Å². The minimum Gasteiger partial charge on any atom is -0.472 e. The van der Waals surface area contributed by atoms with E-state index in [9.17, 15) is 9.59 Å². The number of nitrogens with one attached hydrogen (secondary N) is 1. The molecule has 0 fully saturated rings. The molecule has 1 amide bonds. The lowest BCUT2D eigenvalue weighted by atomic mass is 10.0. The zero-order valence-corrected chi connectivity index (χ0v) is 19.4. The third kappa shape index (κ3) is 5.91. The van der Waals surface area contributed by atoms with Crippen molar-refractivity contribution in [2.45, 2.75) is 19.4 Å². The van der Waals surface area contributed by atoms with Crippen molar-refractivity contribution in [3.05, 3.63) is 123 Å². The number of nitrogens with zero attached hydrogens (tertiary/aromatic N) is 2. The highest BCUT2D eigenvalue weighted by Crippen LogP contribution is 2.15. The number of hydrogen-bond donors (Lipinski definition) is 1. The molecule has 34 heavy (non-hydrogen) atoms. The number of amides is 1. The van der Waals surface area contributed by atoms with E-state index in [0.29, 0.717) is 35.3 Å². The van der Waals surface area contributed by atoms with E-state index in [0.717, 1.165) is 5.56 Å². The zero-order chi connectivity index (χ0) is 23.9. The molecule has 7 heteroatoms. The van der Waals surface area contributed by atoms with Gasteiger partial charge in [0.25, 0.3) is 11.5 Å². The van der Waals surface area contributed by atoms with E-state index < -0.39 is 0 Å². The van der Waals surface area contributed by atoms with E-state index >= 15 is 0 Å². The SMILES string of the molecule is CC(CNC(=O)c1ccc(-n2nc(OCc3ccc(Cl)cc3)ccc2=O)cc1)c1ccccc1. The van der Waals surface area contributed by atoms with Crippen molar-refractivity contribution >= 4 is 17.5 Å². The Morgan fingerprint density at radius 3 is 2.38 bits per heavy atom. The van der Waals surface area contributed by atoms with Crippen molar-refractivity contribution in [2.24, 2.45) is 0 Å². The van der Waals surface area contributed by atoms with Crippen LogP contribution in [-0.2, 0) is 6.61 Å². The van der Waals surface area contributed by atoms with Crippen LogP contribution >= 0.6 is 11.6 Å². The number of benzene rings is 3. The van der Waals surface area contributed by atoms with Crippen molar-refractivity contribution < 1.29 is 9.53 Å². The van der Waals surface area contributed by atoms with Crippen LogP contribution < -0.4 is 15.6 Å². The van der Waals surface area contributed by atoms with Crippen molar-refractivity contribution in [3.8, 4) is 11.6 Å². The Bertz CT molecular complexity index is 1300. The molecular formula is C27H24ClN3O3. The smallest absolute Gasteiger partial charge is 0.271 e. The molecule has 0 aliphatic rings. The fourth-order valence-electron chi connectivity index (χ4n) is 3.40. The molecule has 1 heterocycles. The summed E-state index contributed by atoms with van der Waals surface area (Å²) in [5, 5.41) is 7.91. The lowest BCUT2D eigenvalue weighted by Crippen LogP contribution is -2.27. The Labute approximate surface area is 202 Å². The molecule has 4 rings (SSSR count). The van der Waals surface area contributed by atoms with E-state index in [-0.39, 0.29) is 17.4 Å². The maximum atomic E-state index is 12.6. The lowest BCUT2D eigenvalue weighted by molar-refractivity contribution is 0.0951. The van der Waals surface area contributed by atoms with Crippen molar-refractivity contribution in [2.75, 3.05) is 6.54 Å². The molecule has 0 saturated carbocycles. The van der Waals surface area contributed by atoms with E-state index in [4.69, 9.17) is 16.3 Å². The maximum absolute atomic E-state index is 12.6. The number of halogens is 1. The molecule has 3 aromatic carbocycles. The lowest BCUT2D eigenvalue weighted by Gasteiger charge is -2.13. The maximum Gasteiger partial charge on any atom is 0.271 e. The number of aromatic nitrogens is 2. The molecule has 172 valence electrons. The van der Waals surface area contributed by atoms with Crippen LogP contribution in [0, 0.1) is 0 Å². The predicted octanol–water partition coefficient (Wildman–Crippen LogP) is 5.00. The highest BCUT2D eigenvalue weighted by molar-refractivity contribution is 6.30. The molecule has 6 nitrogen and oxygen atoms in total. The van der Waals surface area contributed by atoms with Gasteiger partial charge in [0.1, 0.15) is 6.61 Å². The van der Waals surface area contributed by atoms with Crippen molar-refractivity contribution in [3.63, 3.8) is 0 Å². The van der Waals surface area contributed by atoms with Gasteiger partial charge in [0.05, 0.1) is 5.69 Å². The Morgan fingerprint density at radius 2 is 1.68 bits per heavy atom. The Balaban J connectivity index is 1.40. The van der Waals surface area contributed by atoms with Crippen molar-refractivity contribution in [1.29, 1.82) is 0 Å². The summed E-state index contributed by atoms with van der Waals surface area (Å²) in [5.74, 6) is 0.337. The largest absolute Gasteiger partial charge is 0.472 e. The van der Waals surface area contributed by atoms with Gasteiger partial charge in [-0.05, 0) is 53.4 Å². The fraction of sp³-hybridized carbons (Fsp3) is 0.148. The number of rotatable bonds is 8. The van der Waals surface area contributed by atoms with E-state index in [1.54, 1.807) is 36.4 Å². The van der Waals surface area contributed by atoms with Crippen LogP contribution in [0.15, 0.2) is 95.8 Å². The van der Waals surface area contributed by atoms with Gasteiger partial charge in [0.15, 0.2) is 0 Å². The van der Waals surface area contributed by atoms with Gasteiger partial charge in [0, 0.05) is 29.3 Å². The summed E-state index contributed by atoms with van der Waals surface area (Å²) in [4.78, 5) is 24.9. The normalized spacial score (nSPS) is 11.6. The monoisotopic (exact) mass is 473 g/mol. The Morgan fingerprint density at radius 1 is 0.971 bits per heavy atom. The topological polar surface area (TPSA) is 73.2 Å². The fourth-order valence-corrected chi connectivity index (χ4v) is 3.52. The molecule has 1 N–H and O–H groups in total. The number of carbonyl (C=O) groups excluding carboxylic acids is 1. The minimum absolute atomic E-state index is 0.172. The highest BCUT2D eigenvalue weighted by Gasteiger charge is 2.11. The average Bonchev–Trinajstić information content (AvgIpc) is 2.88. The zero-order valence-electron chi connectivity index (χ0n) is 18.6.